The van der Waals surface area contributed by atoms with Crippen molar-refractivity contribution in [2.24, 2.45) is 5.73 Å². The van der Waals surface area contributed by atoms with Gasteiger partial charge in [-0.2, -0.15) is 0 Å². The molecule has 0 fully saturated rings. The van der Waals surface area contributed by atoms with Crippen LogP contribution in [0.1, 0.15) is 48.9 Å². The van der Waals surface area contributed by atoms with Gasteiger partial charge in [-0.1, -0.05) is 78.9 Å². The third-order valence-corrected chi connectivity index (χ3v) is 8.12. The Labute approximate surface area is 271 Å². The SMILES string of the molecule is COc1ccc(CNC(=O)Cc2ccccc2-c2ccc(CN3C(=O)[C@H](NC(=O)CC(C)(C)N)CCc4ccccc43)cc2)cc1. The van der Waals surface area contributed by atoms with Crippen LogP contribution in [0.2, 0.25) is 0 Å². The van der Waals surface area contributed by atoms with Crippen LogP contribution < -0.4 is 26.0 Å². The van der Waals surface area contributed by atoms with Crippen molar-refractivity contribution in [3.8, 4) is 16.9 Å². The molecule has 5 rings (SSSR count). The smallest absolute Gasteiger partial charge is 0.249 e. The van der Waals surface area contributed by atoms with Crippen molar-refractivity contribution in [2.45, 2.75) is 64.2 Å². The topological polar surface area (TPSA) is 114 Å². The number of nitrogens with two attached hydrogens (primary N) is 1. The number of methoxy groups -OCH3 is 1. The van der Waals surface area contributed by atoms with Gasteiger partial charge in [0.05, 0.1) is 20.1 Å². The molecule has 0 bridgehead atoms. The number of fused-ring (bicyclic) bond motifs is 1. The first-order chi connectivity index (χ1) is 22.1. The lowest BCUT2D eigenvalue weighted by molar-refractivity contribution is -0.128. The molecule has 0 aromatic heterocycles. The van der Waals surface area contributed by atoms with E-state index in [2.05, 4.69) is 10.6 Å². The first kappa shape index (κ1) is 32.4. The second-order valence-electron chi connectivity index (χ2n) is 12.5. The number of nitrogens with one attached hydrogen (secondary N) is 2. The second-order valence-corrected chi connectivity index (χ2v) is 12.5. The fourth-order valence-electron chi connectivity index (χ4n) is 5.78. The third kappa shape index (κ3) is 8.40. The quantitative estimate of drug-likeness (QED) is 0.211. The summed E-state index contributed by atoms with van der Waals surface area (Å²) >= 11 is 0. The van der Waals surface area contributed by atoms with Gasteiger partial charge in [-0.05, 0) is 78.3 Å². The summed E-state index contributed by atoms with van der Waals surface area (Å²) in [6, 6.07) is 30.9. The molecule has 8 heteroatoms. The summed E-state index contributed by atoms with van der Waals surface area (Å²) in [5, 5.41) is 5.96. The molecule has 4 aromatic carbocycles. The van der Waals surface area contributed by atoms with Crippen LogP contribution in [0.25, 0.3) is 11.1 Å². The molecule has 4 aromatic rings. The van der Waals surface area contributed by atoms with E-state index in [1.165, 1.54) is 0 Å². The van der Waals surface area contributed by atoms with Crippen molar-refractivity contribution >= 4 is 23.4 Å². The molecule has 1 aliphatic heterocycles. The molecule has 0 radical (unpaired) electrons. The lowest BCUT2D eigenvalue weighted by atomic mass is 9.96. The average Bonchev–Trinajstić information content (AvgIpc) is 3.16. The first-order valence-corrected chi connectivity index (χ1v) is 15.6. The van der Waals surface area contributed by atoms with E-state index in [0.717, 1.165) is 44.8 Å². The summed E-state index contributed by atoms with van der Waals surface area (Å²) in [6.07, 6.45) is 1.59. The third-order valence-electron chi connectivity index (χ3n) is 8.12. The van der Waals surface area contributed by atoms with E-state index in [4.69, 9.17) is 10.5 Å². The van der Waals surface area contributed by atoms with E-state index in [-0.39, 0.29) is 30.6 Å². The molecule has 0 unspecified atom stereocenters. The normalized spacial score (nSPS) is 14.7. The maximum absolute atomic E-state index is 13.9. The minimum atomic E-state index is -0.665. The molecular formula is C38H42N4O4. The molecule has 1 heterocycles. The summed E-state index contributed by atoms with van der Waals surface area (Å²) in [5.41, 5.74) is 12.2. The zero-order valence-electron chi connectivity index (χ0n) is 26.7. The van der Waals surface area contributed by atoms with Crippen LogP contribution in [0.15, 0.2) is 97.1 Å². The number of ether oxygens (including phenoxy) is 1. The van der Waals surface area contributed by atoms with Crippen molar-refractivity contribution in [1.82, 2.24) is 10.6 Å². The van der Waals surface area contributed by atoms with Crippen molar-refractivity contribution in [3.63, 3.8) is 0 Å². The monoisotopic (exact) mass is 618 g/mol. The maximum atomic E-state index is 13.9. The Bertz CT molecular complexity index is 1680. The predicted molar refractivity (Wildman–Crippen MR) is 181 cm³/mol. The average molecular weight is 619 g/mol. The minimum absolute atomic E-state index is 0.0603. The van der Waals surface area contributed by atoms with Crippen molar-refractivity contribution in [2.75, 3.05) is 12.0 Å². The molecule has 0 spiro atoms. The highest BCUT2D eigenvalue weighted by Crippen LogP contribution is 2.30. The molecule has 8 nitrogen and oxygen atoms in total. The number of hydrogen-bond donors (Lipinski definition) is 3. The van der Waals surface area contributed by atoms with Crippen LogP contribution in [-0.2, 0) is 40.3 Å². The Hall–Kier alpha value is -4.95. The number of rotatable bonds is 11. The van der Waals surface area contributed by atoms with Crippen molar-refractivity contribution in [1.29, 1.82) is 0 Å². The van der Waals surface area contributed by atoms with Gasteiger partial charge < -0.3 is 26.0 Å². The summed E-state index contributed by atoms with van der Waals surface area (Å²) in [5.74, 6) is 0.352. The minimum Gasteiger partial charge on any atom is -0.497 e. The van der Waals surface area contributed by atoms with Crippen molar-refractivity contribution in [3.05, 3.63) is 119 Å². The van der Waals surface area contributed by atoms with Gasteiger partial charge in [0.15, 0.2) is 0 Å². The number of benzene rings is 4. The Morgan fingerprint density at radius 3 is 2.28 bits per heavy atom. The molecule has 1 atom stereocenters. The number of para-hydroxylation sites is 1. The second kappa shape index (κ2) is 14.4. The summed E-state index contributed by atoms with van der Waals surface area (Å²) < 4.78 is 5.21. The Balaban J connectivity index is 1.29. The van der Waals surface area contributed by atoms with Gasteiger partial charge in [-0.3, -0.25) is 14.4 Å². The Morgan fingerprint density at radius 1 is 0.891 bits per heavy atom. The van der Waals surface area contributed by atoms with E-state index in [1.54, 1.807) is 25.9 Å². The van der Waals surface area contributed by atoms with Gasteiger partial charge in [0, 0.05) is 24.2 Å². The van der Waals surface area contributed by atoms with Crippen LogP contribution >= 0.6 is 0 Å². The first-order valence-electron chi connectivity index (χ1n) is 15.6. The summed E-state index contributed by atoms with van der Waals surface area (Å²) in [6.45, 7) is 4.39. The number of anilines is 1. The van der Waals surface area contributed by atoms with Gasteiger partial charge in [0.2, 0.25) is 17.7 Å². The number of amides is 3. The summed E-state index contributed by atoms with van der Waals surface area (Å²) in [7, 11) is 1.63. The predicted octanol–water partition coefficient (Wildman–Crippen LogP) is 5.31. The Morgan fingerprint density at radius 2 is 1.57 bits per heavy atom. The van der Waals surface area contributed by atoms with Gasteiger partial charge in [0.25, 0.3) is 0 Å². The number of nitrogens with zero attached hydrogens (tertiary/aromatic N) is 1. The van der Waals surface area contributed by atoms with Gasteiger partial charge in [-0.15, -0.1) is 0 Å². The van der Waals surface area contributed by atoms with Crippen molar-refractivity contribution < 1.29 is 19.1 Å². The molecule has 3 amide bonds. The zero-order chi connectivity index (χ0) is 32.7. The molecule has 1 aliphatic rings. The van der Waals surface area contributed by atoms with Gasteiger partial charge in [0.1, 0.15) is 11.8 Å². The number of carbonyl (C=O) groups is 3. The standard InChI is InChI=1S/C38H42N4O4/c1-38(2,39)23-36(44)41-33-21-18-29-8-5-7-11-34(29)42(37(33)45)25-27-12-16-28(17-13-27)32-10-6-4-9-30(32)22-35(43)40-24-26-14-19-31(46-3)20-15-26/h4-17,19-20,33H,18,21-25,39H2,1-3H3,(H,40,43)(H,41,44)/t33-/m1/s1. The highest BCUT2D eigenvalue weighted by molar-refractivity contribution is 6.00. The van der Waals surface area contributed by atoms with Crippen LogP contribution in [0, 0.1) is 0 Å². The van der Waals surface area contributed by atoms with Gasteiger partial charge in [-0.25, -0.2) is 0 Å². The fourth-order valence-corrected chi connectivity index (χ4v) is 5.78. The molecule has 46 heavy (non-hydrogen) atoms. The maximum Gasteiger partial charge on any atom is 0.249 e. The lowest BCUT2D eigenvalue weighted by Crippen LogP contribution is -2.49. The van der Waals surface area contributed by atoms with Crippen LogP contribution in [0.4, 0.5) is 5.69 Å². The number of carbonyl (C=O) groups excluding carboxylic acids is 3. The molecule has 0 saturated carbocycles. The number of aryl methyl sites for hydroxylation is 1. The highest BCUT2D eigenvalue weighted by Gasteiger charge is 2.32. The number of hydrogen-bond acceptors (Lipinski definition) is 5. The van der Waals surface area contributed by atoms with E-state index >= 15 is 0 Å². The molecule has 0 saturated heterocycles. The van der Waals surface area contributed by atoms with E-state index in [1.807, 2.05) is 97.1 Å². The molecule has 238 valence electrons. The molecule has 4 N–H and O–H groups in total. The van der Waals surface area contributed by atoms with E-state index in [9.17, 15) is 14.4 Å². The fraction of sp³-hybridized carbons (Fsp3) is 0.289. The van der Waals surface area contributed by atoms with E-state index < -0.39 is 11.6 Å². The van der Waals surface area contributed by atoms with Crippen LogP contribution in [0.5, 0.6) is 5.75 Å². The largest absolute Gasteiger partial charge is 0.497 e. The van der Waals surface area contributed by atoms with Crippen LogP contribution in [0.3, 0.4) is 0 Å². The molecule has 0 aliphatic carbocycles. The van der Waals surface area contributed by atoms with Crippen LogP contribution in [-0.4, -0.2) is 36.4 Å². The Kier molecular flexibility index (Phi) is 10.2. The van der Waals surface area contributed by atoms with Gasteiger partial charge >= 0.3 is 0 Å². The van der Waals surface area contributed by atoms with E-state index in [0.29, 0.717) is 25.9 Å². The lowest BCUT2D eigenvalue weighted by Gasteiger charge is -2.27. The zero-order valence-corrected chi connectivity index (χ0v) is 26.7. The highest BCUT2D eigenvalue weighted by atomic mass is 16.5. The molecular weight excluding hydrogens is 576 g/mol. The summed E-state index contributed by atoms with van der Waals surface area (Å²) in [4.78, 5) is 41.2.